The van der Waals surface area contributed by atoms with E-state index in [0.29, 0.717) is 13.0 Å². The highest BCUT2D eigenvalue weighted by atomic mass is 32.1. The fraction of sp³-hybridized carbons (Fsp3) is 0.222. The Hall–Kier alpha value is -2.78. The number of carboxylic acid groups (broad SMARTS) is 1. The number of ether oxygens (including phenoxy) is 1. The van der Waals surface area contributed by atoms with Gasteiger partial charge in [0.05, 0.1) is 4.88 Å². The molecule has 0 aliphatic rings. The second-order valence-corrected chi connectivity index (χ2v) is 6.02. The average molecular weight is 343 g/mol. The number of aromatic carboxylic acids is 1. The van der Waals surface area contributed by atoms with Gasteiger partial charge in [0, 0.05) is 13.0 Å². The monoisotopic (exact) mass is 343 g/mol. The average Bonchev–Trinajstić information content (AvgIpc) is 2.95. The van der Waals surface area contributed by atoms with E-state index in [-0.39, 0.29) is 11.5 Å². The quantitative estimate of drug-likeness (QED) is 0.644. The van der Waals surface area contributed by atoms with Crippen LogP contribution in [0.4, 0.5) is 4.79 Å². The van der Waals surface area contributed by atoms with Gasteiger partial charge in [-0.1, -0.05) is 42.2 Å². The molecule has 0 fully saturated rings. The lowest BCUT2D eigenvalue weighted by molar-refractivity contribution is 0.0702. The first-order valence-electron chi connectivity index (χ1n) is 7.33. The van der Waals surface area contributed by atoms with Crippen molar-refractivity contribution in [2.24, 2.45) is 0 Å². The standard InChI is InChI=1S/C18H17NO4S/c1-13-11-16(17(20)21)24-15(13)9-5-6-10-19-18(22)23-12-14-7-3-2-4-8-14/h2-4,7-8,11H,6,10,12H2,1H3,(H,19,22)(H,20,21). The zero-order chi connectivity index (χ0) is 17.4. The molecule has 0 bridgehead atoms. The predicted molar refractivity (Wildman–Crippen MR) is 92.1 cm³/mol. The normalized spacial score (nSPS) is 9.71. The van der Waals surface area contributed by atoms with Crippen molar-refractivity contribution in [1.29, 1.82) is 0 Å². The summed E-state index contributed by atoms with van der Waals surface area (Å²) in [5, 5.41) is 11.5. The maximum absolute atomic E-state index is 11.5. The zero-order valence-electron chi connectivity index (χ0n) is 13.2. The minimum Gasteiger partial charge on any atom is -0.477 e. The summed E-state index contributed by atoms with van der Waals surface area (Å²) < 4.78 is 5.08. The first-order chi connectivity index (χ1) is 11.6. The van der Waals surface area contributed by atoms with Gasteiger partial charge in [0.25, 0.3) is 0 Å². The molecule has 0 saturated heterocycles. The van der Waals surface area contributed by atoms with Crippen LogP contribution < -0.4 is 5.32 Å². The molecule has 124 valence electrons. The Morgan fingerprint density at radius 3 is 2.71 bits per heavy atom. The molecule has 0 spiro atoms. The number of hydrogen-bond acceptors (Lipinski definition) is 4. The lowest BCUT2D eigenvalue weighted by atomic mass is 10.2. The Kier molecular flexibility index (Phi) is 6.41. The molecule has 6 heteroatoms. The molecular weight excluding hydrogens is 326 g/mol. The Labute approximate surface area is 144 Å². The smallest absolute Gasteiger partial charge is 0.407 e. The van der Waals surface area contributed by atoms with Crippen molar-refractivity contribution in [3.63, 3.8) is 0 Å². The summed E-state index contributed by atoms with van der Waals surface area (Å²) >= 11 is 1.15. The summed E-state index contributed by atoms with van der Waals surface area (Å²) in [6.45, 7) is 2.42. The minimum absolute atomic E-state index is 0.227. The number of amides is 1. The first-order valence-corrected chi connectivity index (χ1v) is 8.15. The van der Waals surface area contributed by atoms with Gasteiger partial charge in [-0.05, 0) is 24.1 Å². The zero-order valence-corrected chi connectivity index (χ0v) is 14.0. The van der Waals surface area contributed by atoms with E-state index in [1.165, 1.54) is 0 Å². The van der Waals surface area contributed by atoms with Crippen molar-refractivity contribution < 1.29 is 19.4 Å². The molecule has 0 radical (unpaired) electrons. The molecule has 2 rings (SSSR count). The number of thiophene rings is 1. The highest BCUT2D eigenvalue weighted by molar-refractivity contribution is 7.14. The van der Waals surface area contributed by atoms with Gasteiger partial charge in [-0.25, -0.2) is 9.59 Å². The van der Waals surface area contributed by atoms with E-state index in [1.807, 2.05) is 37.3 Å². The number of hydrogen-bond donors (Lipinski definition) is 2. The molecule has 0 saturated carbocycles. The molecule has 0 aliphatic carbocycles. The molecule has 0 atom stereocenters. The third-order valence-electron chi connectivity index (χ3n) is 3.06. The number of rotatable bonds is 5. The highest BCUT2D eigenvalue weighted by Gasteiger charge is 2.09. The van der Waals surface area contributed by atoms with Crippen molar-refractivity contribution in [2.45, 2.75) is 20.0 Å². The first kappa shape index (κ1) is 17.6. The lowest BCUT2D eigenvalue weighted by Crippen LogP contribution is -2.24. The van der Waals surface area contributed by atoms with Crippen LogP contribution in [0.25, 0.3) is 0 Å². The predicted octanol–water partition coefficient (Wildman–Crippen LogP) is 3.42. The van der Waals surface area contributed by atoms with Gasteiger partial charge in [0.15, 0.2) is 0 Å². The molecule has 1 aromatic heterocycles. The second kappa shape index (κ2) is 8.75. The van der Waals surface area contributed by atoms with Crippen LogP contribution in [-0.2, 0) is 11.3 Å². The molecule has 0 aliphatic heterocycles. The van der Waals surface area contributed by atoms with Crippen molar-refractivity contribution in [2.75, 3.05) is 6.54 Å². The molecule has 2 N–H and O–H groups in total. The van der Waals surface area contributed by atoms with Gasteiger partial charge in [-0.2, -0.15) is 0 Å². The van der Waals surface area contributed by atoms with Crippen LogP contribution in [0.5, 0.6) is 0 Å². The van der Waals surface area contributed by atoms with Crippen molar-refractivity contribution in [3.05, 3.63) is 57.3 Å². The molecule has 1 heterocycles. The fourth-order valence-electron chi connectivity index (χ4n) is 1.86. The lowest BCUT2D eigenvalue weighted by Gasteiger charge is -2.05. The molecule has 5 nitrogen and oxygen atoms in total. The Morgan fingerprint density at radius 1 is 1.29 bits per heavy atom. The number of aryl methyl sites for hydroxylation is 1. The van der Waals surface area contributed by atoms with Crippen molar-refractivity contribution in [3.8, 4) is 11.8 Å². The van der Waals surface area contributed by atoms with Crippen LogP contribution in [0.3, 0.4) is 0 Å². The number of carbonyl (C=O) groups is 2. The van der Waals surface area contributed by atoms with Crippen LogP contribution in [0.15, 0.2) is 36.4 Å². The topological polar surface area (TPSA) is 75.6 Å². The molecule has 0 unspecified atom stereocenters. The van der Waals surface area contributed by atoms with Gasteiger partial charge >= 0.3 is 12.1 Å². The molecule has 1 amide bonds. The molecule has 2 aromatic rings. The van der Waals surface area contributed by atoms with Gasteiger partial charge < -0.3 is 15.2 Å². The summed E-state index contributed by atoms with van der Waals surface area (Å²) in [6.07, 6.45) is -0.0266. The maximum Gasteiger partial charge on any atom is 0.407 e. The van der Waals surface area contributed by atoms with Gasteiger partial charge in [-0.15, -0.1) is 11.3 Å². The summed E-state index contributed by atoms with van der Waals surface area (Å²) in [5.41, 5.74) is 1.77. The third kappa shape index (κ3) is 5.45. The highest BCUT2D eigenvalue weighted by Crippen LogP contribution is 2.20. The van der Waals surface area contributed by atoms with E-state index < -0.39 is 12.1 Å². The Morgan fingerprint density at radius 2 is 2.04 bits per heavy atom. The van der Waals surface area contributed by atoms with E-state index in [4.69, 9.17) is 9.84 Å². The number of benzene rings is 1. The fourth-order valence-corrected chi connectivity index (χ4v) is 2.74. The SMILES string of the molecule is Cc1cc(C(=O)O)sc1C#CCCNC(=O)OCc1ccccc1. The molecule has 1 aromatic carbocycles. The van der Waals surface area contributed by atoms with Crippen molar-refractivity contribution >= 4 is 23.4 Å². The van der Waals surface area contributed by atoms with Gasteiger partial charge in [-0.3, -0.25) is 0 Å². The molecule has 24 heavy (non-hydrogen) atoms. The van der Waals surface area contributed by atoms with Crippen LogP contribution in [0.1, 0.15) is 32.1 Å². The number of nitrogens with one attached hydrogen (secondary N) is 1. The van der Waals surface area contributed by atoms with E-state index in [0.717, 1.165) is 27.3 Å². The largest absolute Gasteiger partial charge is 0.477 e. The van der Waals surface area contributed by atoms with E-state index in [2.05, 4.69) is 17.2 Å². The van der Waals surface area contributed by atoms with Crippen LogP contribution in [0.2, 0.25) is 0 Å². The Bertz CT molecular complexity index is 771. The van der Waals surface area contributed by atoms with Crippen LogP contribution >= 0.6 is 11.3 Å². The summed E-state index contributed by atoms with van der Waals surface area (Å²) in [6, 6.07) is 11.0. The Balaban J connectivity index is 1.71. The minimum atomic E-state index is -0.945. The van der Waals surface area contributed by atoms with Crippen LogP contribution in [0, 0.1) is 18.8 Å². The third-order valence-corrected chi connectivity index (χ3v) is 4.20. The summed E-state index contributed by atoms with van der Waals surface area (Å²) in [4.78, 5) is 23.4. The number of carboxylic acids is 1. The van der Waals surface area contributed by atoms with Crippen molar-refractivity contribution in [1.82, 2.24) is 5.32 Å². The summed E-state index contributed by atoms with van der Waals surface area (Å²) in [5.74, 6) is 4.91. The number of alkyl carbamates (subject to hydrolysis) is 1. The summed E-state index contributed by atoms with van der Waals surface area (Å²) in [7, 11) is 0. The maximum atomic E-state index is 11.5. The van der Waals surface area contributed by atoms with Crippen LogP contribution in [-0.4, -0.2) is 23.7 Å². The molecular formula is C18H17NO4S. The van der Waals surface area contributed by atoms with E-state index in [9.17, 15) is 9.59 Å². The second-order valence-electron chi connectivity index (χ2n) is 4.97. The number of carbonyl (C=O) groups excluding carboxylic acids is 1. The van der Waals surface area contributed by atoms with E-state index in [1.54, 1.807) is 6.07 Å². The van der Waals surface area contributed by atoms with E-state index >= 15 is 0 Å². The van der Waals surface area contributed by atoms with Gasteiger partial charge in [0.2, 0.25) is 0 Å². The van der Waals surface area contributed by atoms with Gasteiger partial charge in [0.1, 0.15) is 11.5 Å².